The third-order valence-electron chi connectivity index (χ3n) is 6.23. The summed E-state index contributed by atoms with van der Waals surface area (Å²) < 4.78 is 0. The number of hydrogen-bond acceptors (Lipinski definition) is 3. The average Bonchev–Trinajstić information content (AvgIpc) is 3.06. The third-order valence-corrected chi connectivity index (χ3v) is 6.23. The summed E-state index contributed by atoms with van der Waals surface area (Å²) in [5.74, 6) is 0.600. The molecule has 0 aliphatic carbocycles. The maximum atomic E-state index is 13.2. The lowest BCUT2D eigenvalue weighted by molar-refractivity contribution is -0.132. The minimum absolute atomic E-state index is 0.219. The molecule has 4 rings (SSSR count). The van der Waals surface area contributed by atoms with Crippen LogP contribution in [0.5, 0.6) is 0 Å². The number of benzene rings is 1. The lowest BCUT2D eigenvalue weighted by atomic mass is 9.87. The molecule has 0 spiro atoms. The van der Waals surface area contributed by atoms with Crippen molar-refractivity contribution in [2.24, 2.45) is 0 Å². The normalized spacial score (nSPS) is 26.3. The Kier molecular flexibility index (Phi) is 5.53. The van der Waals surface area contributed by atoms with E-state index >= 15 is 0 Å². The van der Waals surface area contributed by atoms with Crippen LogP contribution in [0.15, 0.2) is 54.7 Å². The molecule has 1 aromatic carbocycles. The van der Waals surface area contributed by atoms with Gasteiger partial charge in [-0.3, -0.25) is 9.78 Å². The molecule has 4 heteroatoms. The van der Waals surface area contributed by atoms with E-state index in [-0.39, 0.29) is 5.91 Å². The Morgan fingerprint density at radius 1 is 1.07 bits per heavy atom. The average molecular weight is 364 g/mol. The van der Waals surface area contributed by atoms with Crippen LogP contribution in [-0.4, -0.2) is 52.9 Å². The van der Waals surface area contributed by atoms with Crippen molar-refractivity contribution < 1.29 is 4.79 Å². The number of hydrogen-bond donors (Lipinski definition) is 0. The van der Waals surface area contributed by atoms with Gasteiger partial charge < -0.3 is 9.80 Å². The van der Waals surface area contributed by atoms with E-state index in [9.17, 15) is 4.79 Å². The SMILES string of the molecule is CN1CCCCC[C@@H]2[C@@H]1[C@H](c1ccccc1)CN2C(=O)Cc1ccccn1. The largest absolute Gasteiger partial charge is 0.337 e. The monoisotopic (exact) mass is 363 g/mol. The molecule has 1 aromatic heterocycles. The second kappa shape index (κ2) is 8.22. The van der Waals surface area contributed by atoms with E-state index in [2.05, 4.69) is 52.2 Å². The molecule has 2 saturated heterocycles. The van der Waals surface area contributed by atoms with Crippen molar-refractivity contribution in [3.05, 3.63) is 66.0 Å². The first-order valence-corrected chi connectivity index (χ1v) is 10.2. The van der Waals surface area contributed by atoms with Gasteiger partial charge in [0.1, 0.15) is 0 Å². The number of carbonyl (C=O) groups is 1. The van der Waals surface area contributed by atoms with E-state index in [0.29, 0.717) is 24.4 Å². The lowest BCUT2D eigenvalue weighted by Crippen LogP contribution is -2.48. The number of rotatable bonds is 3. The molecular formula is C23H29N3O. The van der Waals surface area contributed by atoms with Crippen molar-refractivity contribution in [2.75, 3.05) is 20.1 Å². The summed E-state index contributed by atoms with van der Waals surface area (Å²) in [6, 6.07) is 17.3. The van der Waals surface area contributed by atoms with E-state index < -0.39 is 0 Å². The quantitative estimate of drug-likeness (QED) is 0.837. The molecule has 2 aromatic rings. The highest BCUT2D eigenvalue weighted by atomic mass is 16.2. The Morgan fingerprint density at radius 3 is 2.67 bits per heavy atom. The molecule has 3 heterocycles. The number of fused-ring (bicyclic) bond motifs is 1. The van der Waals surface area contributed by atoms with E-state index in [0.717, 1.165) is 25.2 Å². The Morgan fingerprint density at radius 2 is 1.89 bits per heavy atom. The van der Waals surface area contributed by atoms with Gasteiger partial charge in [-0.25, -0.2) is 0 Å². The molecule has 27 heavy (non-hydrogen) atoms. The molecule has 2 aliphatic rings. The fraction of sp³-hybridized carbons (Fsp3) is 0.478. The van der Waals surface area contributed by atoms with Gasteiger partial charge in [0.25, 0.3) is 0 Å². The van der Waals surface area contributed by atoms with Crippen molar-refractivity contribution in [2.45, 2.75) is 50.1 Å². The Balaban J connectivity index is 1.62. The van der Waals surface area contributed by atoms with Crippen molar-refractivity contribution in [1.82, 2.24) is 14.8 Å². The number of pyridine rings is 1. The molecule has 0 unspecified atom stereocenters. The van der Waals surface area contributed by atoms with Gasteiger partial charge in [0.2, 0.25) is 5.91 Å². The van der Waals surface area contributed by atoms with Crippen LogP contribution in [0.2, 0.25) is 0 Å². The van der Waals surface area contributed by atoms with Gasteiger partial charge in [0, 0.05) is 36.4 Å². The highest BCUT2D eigenvalue weighted by Crippen LogP contribution is 2.38. The number of carbonyl (C=O) groups excluding carboxylic acids is 1. The van der Waals surface area contributed by atoms with Crippen LogP contribution in [0.4, 0.5) is 0 Å². The zero-order valence-corrected chi connectivity index (χ0v) is 16.1. The maximum absolute atomic E-state index is 13.2. The first-order valence-electron chi connectivity index (χ1n) is 10.2. The Bertz CT molecular complexity index is 749. The highest BCUT2D eigenvalue weighted by molar-refractivity contribution is 5.79. The van der Waals surface area contributed by atoms with Gasteiger partial charge in [0.05, 0.1) is 6.42 Å². The van der Waals surface area contributed by atoms with E-state index in [1.165, 1.54) is 24.8 Å². The minimum Gasteiger partial charge on any atom is -0.337 e. The van der Waals surface area contributed by atoms with Crippen LogP contribution in [0, 0.1) is 0 Å². The van der Waals surface area contributed by atoms with Crippen LogP contribution in [0.1, 0.15) is 42.9 Å². The summed E-state index contributed by atoms with van der Waals surface area (Å²) in [5, 5.41) is 0. The van der Waals surface area contributed by atoms with Crippen molar-refractivity contribution >= 4 is 5.91 Å². The number of aromatic nitrogens is 1. The van der Waals surface area contributed by atoms with Crippen LogP contribution in [0.25, 0.3) is 0 Å². The Hall–Kier alpha value is -2.20. The predicted molar refractivity (Wildman–Crippen MR) is 108 cm³/mol. The molecule has 4 nitrogen and oxygen atoms in total. The fourth-order valence-electron chi connectivity index (χ4n) is 4.92. The van der Waals surface area contributed by atoms with Crippen LogP contribution < -0.4 is 0 Å². The first-order chi connectivity index (χ1) is 13.2. The molecule has 3 atom stereocenters. The number of nitrogens with zero attached hydrogens (tertiary/aromatic N) is 3. The van der Waals surface area contributed by atoms with E-state index in [1.54, 1.807) is 6.20 Å². The topological polar surface area (TPSA) is 36.4 Å². The summed E-state index contributed by atoms with van der Waals surface area (Å²) in [7, 11) is 2.24. The zero-order chi connectivity index (χ0) is 18.6. The molecule has 1 amide bonds. The number of likely N-dealkylation sites (tertiary alicyclic amines) is 2. The zero-order valence-electron chi connectivity index (χ0n) is 16.1. The minimum atomic E-state index is 0.219. The molecule has 0 saturated carbocycles. The predicted octanol–water partition coefficient (Wildman–Crippen LogP) is 3.49. The molecular weight excluding hydrogens is 334 g/mol. The molecule has 0 N–H and O–H groups in total. The van der Waals surface area contributed by atoms with Gasteiger partial charge in [-0.1, -0.05) is 49.2 Å². The summed E-state index contributed by atoms with van der Waals surface area (Å²) in [6.45, 7) is 1.93. The van der Waals surface area contributed by atoms with Crippen LogP contribution in [0.3, 0.4) is 0 Å². The summed E-state index contributed by atoms with van der Waals surface area (Å²) in [4.78, 5) is 22.3. The molecule has 142 valence electrons. The number of amides is 1. The first kappa shape index (κ1) is 18.2. The van der Waals surface area contributed by atoms with E-state index in [1.807, 2.05) is 18.2 Å². The summed E-state index contributed by atoms with van der Waals surface area (Å²) >= 11 is 0. The van der Waals surface area contributed by atoms with Gasteiger partial charge >= 0.3 is 0 Å². The van der Waals surface area contributed by atoms with Gasteiger partial charge in [-0.05, 0) is 44.1 Å². The third kappa shape index (κ3) is 3.91. The van der Waals surface area contributed by atoms with Gasteiger partial charge in [-0.15, -0.1) is 0 Å². The van der Waals surface area contributed by atoms with E-state index in [4.69, 9.17) is 0 Å². The van der Waals surface area contributed by atoms with Crippen molar-refractivity contribution in [1.29, 1.82) is 0 Å². The highest BCUT2D eigenvalue weighted by Gasteiger charge is 2.46. The van der Waals surface area contributed by atoms with Gasteiger partial charge in [-0.2, -0.15) is 0 Å². The van der Waals surface area contributed by atoms with Crippen LogP contribution in [-0.2, 0) is 11.2 Å². The second-order valence-corrected chi connectivity index (χ2v) is 7.95. The smallest absolute Gasteiger partial charge is 0.228 e. The lowest BCUT2D eigenvalue weighted by Gasteiger charge is -2.37. The standard InChI is InChI=1S/C23H29N3O/c1-25-15-9-3-6-13-21-23(25)20(18-10-4-2-5-11-18)17-26(21)22(27)16-19-12-7-8-14-24-19/h2,4-5,7-8,10-12,14,20-21,23H,3,6,9,13,15-17H2,1H3/t20-,21+,23-/m0/s1. The molecule has 2 fully saturated rings. The summed E-state index contributed by atoms with van der Waals surface area (Å²) in [6.07, 6.45) is 6.99. The Labute approximate surface area is 162 Å². The fourth-order valence-corrected chi connectivity index (χ4v) is 4.92. The molecule has 0 radical (unpaired) electrons. The maximum Gasteiger partial charge on any atom is 0.228 e. The van der Waals surface area contributed by atoms with Crippen LogP contribution >= 0.6 is 0 Å². The number of likely N-dealkylation sites (N-methyl/N-ethyl adjacent to an activating group) is 1. The van der Waals surface area contributed by atoms with Crippen molar-refractivity contribution in [3.8, 4) is 0 Å². The summed E-state index contributed by atoms with van der Waals surface area (Å²) in [5.41, 5.74) is 2.22. The van der Waals surface area contributed by atoms with Crippen molar-refractivity contribution in [3.63, 3.8) is 0 Å². The molecule has 0 bridgehead atoms. The van der Waals surface area contributed by atoms with Gasteiger partial charge in [0.15, 0.2) is 0 Å². The second-order valence-electron chi connectivity index (χ2n) is 7.95. The molecule has 2 aliphatic heterocycles.